The van der Waals surface area contributed by atoms with Gasteiger partial charge in [-0.25, -0.2) is 0 Å². The highest BCUT2D eigenvalue weighted by atomic mass is 35.5. The molecule has 1 aliphatic heterocycles. The van der Waals surface area contributed by atoms with Crippen LogP contribution in [0.4, 0.5) is 0 Å². The molecular weight excluding hydrogens is 519 g/mol. The summed E-state index contributed by atoms with van der Waals surface area (Å²) in [6, 6.07) is 13.5. The Labute approximate surface area is 237 Å². The van der Waals surface area contributed by atoms with Gasteiger partial charge in [-0.3, -0.25) is 9.69 Å². The van der Waals surface area contributed by atoms with Crippen molar-refractivity contribution in [3.8, 4) is 5.75 Å². The van der Waals surface area contributed by atoms with Crippen molar-refractivity contribution in [2.75, 3.05) is 33.3 Å². The first kappa shape index (κ1) is 28.9. The largest absolute Gasteiger partial charge is 0.497 e. The molecule has 1 saturated heterocycles. The number of methoxy groups -OCH3 is 1. The number of likely N-dealkylation sites (tertiary alicyclic amines) is 1. The van der Waals surface area contributed by atoms with Crippen LogP contribution < -0.4 is 4.74 Å². The zero-order valence-electron chi connectivity index (χ0n) is 22.8. The summed E-state index contributed by atoms with van der Waals surface area (Å²) in [5.41, 5.74) is 0.545. The van der Waals surface area contributed by atoms with E-state index in [4.69, 9.17) is 27.9 Å². The van der Waals surface area contributed by atoms with Crippen LogP contribution in [0.25, 0.3) is 0 Å². The predicted molar refractivity (Wildman–Crippen MR) is 155 cm³/mol. The number of halogens is 2. The fourth-order valence-corrected chi connectivity index (χ4v) is 6.85. The van der Waals surface area contributed by atoms with E-state index in [2.05, 4.69) is 42.4 Å². The van der Waals surface area contributed by atoms with Gasteiger partial charge >= 0.3 is 0 Å². The molecule has 1 saturated carbocycles. The van der Waals surface area contributed by atoms with Gasteiger partial charge in [-0.1, -0.05) is 61.3 Å². The first-order valence-corrected chi connectivity index (χ1v) is 14.3. The molecule has 0 aromatic heterocycles. The van der Waals surface area contributed by atoms with Crippen LogP contribution in [0.5, 0.6) is 5.75 Å². The van der Waals surface area contributed by atoms with E-state index < -0.39 is 11.0 Å². The molecule has 1 aliphatic carbocycles. The second kappa shape index (κ2) is 12.0. The van der Waals surface area contributed by atoms with Gasteiger partial charge in [-0.2, -0.15) is 0 Å². The van der Waals surface area contributed by atoms with E-state index in [-0.39, 0.29) is 18.4 Å². The molecule has 1 N–H and O–H groups in total. The average molecular weight is 560 g/mol. The van der Waals surface area contributed by atoms with E-state index in [1.807, 2.05) is 24.3 Å². The fraction of sp³-hybridized carbons (Fsp3) is 0.516. The molecule has 1 heterocycles. The van der Waals surface area contributed by atoms with Crippen LogP contribution in [0.2, 0.25) is 10.0 Å². The lowest BCUT2D eigenvalue weighted by atomic mass is 9.55. The molecule has 206 valence electrons. The van der Waals surface area contributed by atoms with Gasteiger partial charge in [0, 0.05) is 31.1 Å². The van der Waals surface area contributed by atoms with Crippen LogP contribution in [-0.2, 0) is 16.6 Å². The molecule has 3 atom stereocenters. The number of benzene rings is 2. The molecule has 4 rings (SSSR count). The molecule has 0 spiro atoms. The minimum atomic E-state index is -0.909. The van der Waals surface area contributed by atoms with Crippen molar-refractivity contribution < 1.29 is 14.6 Å². The van der Waals surface area contributed by atoms with Crippen LogP contribution in [0.15, 0.2) is 55.1 Å². The Bertz CT molecular complexity index is 1160. The molecule has 0 bridgehead atoms. The Morgan fingerprint density at radius 1 is 1.24 bits per heavy atom. The number of hydrogen-bond acceptors (Lipinski definition) is 4. The van der Waals surface area contributed by atoms with Crippen molar-refractivity contribution in [2.24, 2.45) is 5.92 Å². The second-order valence-corrected chi connectivity index (χ2v) is 12.2. The van der Waals surface area contributed by atoms with Crippen molar-refractivity contribution in [3.05, 3.63) is 76.3 Å². The minimum Gasteiger partial charge on any atom is -0.497 e. The van der Waals surface area contributed by atoms with E-state index in [1.165, 1.54) is 0 Å². The quantitative estimate of drug-likeness (QED) is 0.375. The Kier molecular flexibility index (Phi) is 9.14. The summed E-state index contributed by atoms with van der Waals surface area (Å²) in [7, 11) is 1.67. The summed E-state index contributed by atoms with van der Waals surface area (Å²) in [5, 5.41) is 13.3. The van der Waals surface area contributed by atoms with E-state index in [0.717, 1.165) is 42.8 Å². The zero-order valence-corrected chi connectivity index (χ0v) is 24.3. The highest BCUT2D eigenvalue weighted by Gasteiger charge is 2.58. The van der Waals surface area contributed by atoms with Crippen LogP contribution in [0.3, 0.4) is 0 Å². The monoisotopic (exact) mass is 558 g/mol. The standard InChI is InChI=1S/C31H40Cl2N2O3/c1-5-14-34-15-13-30(24-7-6-8-26(18-24)38-4)19-25(11-12-31(30,37)21-34)35(20-22(2)3)29(36)17-23-9-10-27(32)28(33)16-23/h5-10,16,18,22,25,37H,1,11-15,17,19-21H2,2-4H3. The van der Waals surface area contributed by atoms with Crippen molar-refractivity contribution in [2.45, 2.75) is 63.0 Å². The highest BCUT2D eigenvalue weighted by molar-refractivity contribution is 6.42. The second-order valence-electron chi connectivity index (χ2n) is 11.4. The van der Waals surface area contributed by atoms with Crippen LogP contribution in [0, 0.1) is 5.92 Å². The molecule has 38 heavy (non-hydrogen) atoms. The number of fused-ring (bicyclic) bond motifs is 1. The molecule has 5 nitrogen and oxygen atoms in total. The SMILES string of the molecule is C=CCN1CCC2(c3cccc(OC)c3)CC(N(CC(C)C)C(=O)Cc3ccc(Cl)c(Cl)c3)CCC2(O)C1. The molecule has 2 aromatic carbocycles. The number of amides is 1. The Morgan fingerprint density at radius 3 is 2.71 bits per heavy atom. The molecule has 2 aliphatic rings. The number of ether oxygens (including phenoxy) is 1. The van der Waals surface area contributed by atoms with Crippen molar-refractivity contribution in [1.29, 1.82) is 0 Å². The fourth-order valence-electron chi connectivity index (χ4n) is 6.53. The lowest BCUT2D eigenvalue weighted by Crippen LogP contribution is -2.67. The maximum absolute atomic E-state index is 13.8. The average Bonchev–Trinajstić information content (AvgIpc) is 2.89. The number of nitrogens with zero attached hydrogens (tertiary/aromatic N) is 2. The summed E-state index contributed by atoms with van der Waals surface area (Å²) < 4.78 is 5.57. The Balaban J connectivity index is 1.68. The number of hydrogen-bond donors (Lipinski definition) is 1. The first-order chi connectivity index (χ1) is 18.1. The van der Waals surface area contributed by atoms with Crippen molar-refractivity contribution in [1.82, 2.24) is 9.80 Å². The third-order valence-corrected chi connectivity index (χ3v) is 9.12. The third kappa shape index (κ3) is 5.91. The van der Waals surface area contributed by atoms with Gasteiger partial charge in [0.05, 0.1) is 29.2 Å². The number of β-amino-alcohol motifs (C(OH)–C–C–N with tert-alkyl or cyclic N) is 1. The maximum Gasteiger partial charge on any atom is 0.227 e. The summed E-state index contributed by atoms with van der Waals surface area (Å²) >= 11 is 12.3. The molecule has 1 amide bonds. The van der Waals surface area contributed by atoms with E-state index in [9.17, 15) is 9.90 Å². The van der Waals surface area contributed by atoms with Crippen LogP contribution >= 0.6 is 23.2 Å². The zero-order chi connectivity index (χ0) is 27.5. The van der Waals surface area contributed by atoms with E-state index >= 15 is 0 Å². The normalized spacial score (nSPS) is 25.6. The van der Waals surface area contributed by atoms with Crippen molar-refractivity contribution in [3.63, 3.8) is 0 Å². The van der Waals surface area contributed by atoms with Gasteiger partial charge < -0.3 is 14.7 Å². The van der Waals surface area contributed by atoms with Gasteiger partial charge in [-0.15, -0.1) is 6.58 Å². The topological polar surface area (TPSA) is 53.0 Å². The Morgan fingerprint density at radius 2 is 2.03 bits per heavy atom. The Hall–Kier alpha value is -2.05. The lowest BCUT2D eigenvalue weighted by Gasteiger charge is -2.59. The first-order valence-electron chi connectivity index (χ1n) is 13.5. The smallest absolute Gasteiger partial charge is 0.227 e. The number of aliphatic hydroxyl groups is 1. The van der Waals surface area contributed by atoms with Crippen molar-refractivity contribution >= 4 is 29.1 Å². The predicted octanol–water partition coefficient (Wildman–Crippen LogP) is 6.14. The summed E-state index contributed by atoms with van der Waals surface area (Å²) in [5.74, 6) is 1.18. The molecular formula is C31H40Cl2N2O3. The van der Waals surface area contributed by atoms with Gasteiger partial charge in [0.1, 0.15) is 5.75 Å². The molecule has 0 radical (unpaired) electrons. The van der Waals surface area contributed by atoms with E-state index in [1.54, 1.807) is 19.2 Å². The summed E-state index contributed by atoms with van der Waals surface area (Å²) in [4.78, 5) is 18.2. The number of rotatable bonds is 9. The van der Waals surface area contributed by atoms with E-state index in [0.29, 0.717) is 41.9 Å². The molecule has 2 fully saturated rings. The van der Waals surface area contributed by atoms with Crippen LogP contribution in [0.1, 0.15) is 50.7 Å². The number of piperidine rings is 1. The molecule has 7 heteroatoms. The van der Waals surface area contributed by atoms with Gasteiger partial charge in [0.2, 0.25) is 5.91 Å². The highest BCUT2D eigenvalue weighted by Crippen LogP contribution is 2.53. The van der Waals surface area contributed by atoms with Crippen LogP contribution in [-0.4, -0.2) is 65.7 Å². The van der Waals surface area contributed by atoms with Gasteiger partial charge in [-0.05, 0) is 73.5 Å². The molecule has 3 unspecified atom stereocenters. The minimum absolute atomic E-state index is 0.0186. The lowest BCUT2D eigenvalue weighted by molar-refractivity contribution is -0.149. The molecule has 2 aromatic rings. The van der Waals surface area contributed by atoms with Gasteiger partial charge in [0.15, 0.2) is 0 Å². The summed E-state index contributed by atoms with van der Waals surface area (Å²) in [6.07, 6.45) is 5.06. The summed E-state index contributed by atoms with van der Waals surface area (Å²) in [6.45, 7) is 11.1. The maximum atomic E-state index is 13.8. The third-order valence-electron chi connectivity index (χ3n) is 8.38. The number of carbonyl (C=O) groups excluding carboxylic acids is 1. The number of carbonyl (C=O) groups is 1. The van der Waals surface area contributed by atoms with Gasteiger partial charge in [0.25, 0.3) is 0 Å².